The molecule has 0 heterocycles. The smallest absolute Gasteiger partial charge is 0.338 e. The van der Waals surface area contributed by atoms with Gasteiger partial charge in [0.2, 0.25) is 5.91 Å². The fourth-order valence-corrected chi connectivity index (χ4v) is 1.61. The van der Waals surface area contributed by atoms with Gasteiger partial charge in [-0.25, -0.2) is 4.79 Å². The number of halogens is 2. The molecule has 1 rings (SSSR count). The first-order valence-corrected chi connectivity index (χ1v) is 5.26. The number of hydrogen-bond acceptors (Lipinski definition) is 3. The maximum atomic E-state index is 11.5. The summed E-state index contributed by atoms with van der Waals surface area (Å²) in [5, 5.41) is 0.426. The minimum Gasteiger partial charge on any atom is -0.465 e. The fourth-order valence-electron chi connectivity index (χ4n) is 1.21. The van der Waals surface area contributed by atoms with E-state index in [1.807, 2.05) is 0 Å². The van der Waals surface area contributed by atoms with Crippen molar-refractivity contribution in [2.24, 2.45) is 5.73 Å². The summed E-state index contributed by atoms with van der Waals surface area (Å²) in [6.07, 6.45) is 0.948. The molecule has 2 N–H and O–H groups in total. The van der Waals surface area contributed by atoms with Gasteiger partial charge in [-0.15, -0.1) is 0 Å². The highest BCUT2D eigenvalue weighted by Gasteiger charge is 2.17. The van der Waals surface area contributed by atoms with Crippen LogP contribution in [0.3, 0.4) is 0 Å². The lowest BCUT2D eigenvalue weighted by Gasteiger charge is -2.08. The highest BCUT2D eigenvalue weighted by molar-refractivity contribution is 6.44. The molecule has 0 aliphatic carbocycles. The average molecular weight is 274 g/mol. The molecule has 17 heavy (non-hydrogen) atoms. The summed E-state index contributed by atoms with van der Waals surface area (Å²) in [6.45, 7) is 0. The van der Waals surface area contributed by atoms with Crippen LogP contribution in [0.4, 0.5) is 0 Å². The molecular weight excluding hydrogens is 265 g/mol. The second-order valence-electron chi connectivity index (χ2n) is 3.05. The normalized spacial score (nSPS) is 11.1. The molecule has 0 aliphatic heterocycles. The summed E-state index contributed by atoms with van der Waals surface area (Å²) < 4.78 is 4.55. The van der Waals surface area contributed by atoms with Gasteiger partial charge in [-0.1, -0.05) is 35.3 Å². The minimum absolute atomic E-state index is 0.0347. The topological polar surface area (TPSA) is 69.4 Å². The van der Waals surface area contributed by atoms with E-state index < -0.39 is 11.9 Å². The number of methoxy groups -OCH3 is 1. The molecule has 0 saturated carbocycles. The van der Waals surface area contributed by atoms with E-state index in [4.69, 9.17) is 28.9 Å². The van der Waals surface area contributed by atoms with Gasteiger partial charge in [-0.05, 0) is 6.07 Å². The Morgan fingerprint density at radius 1 is 1.35 bits per heavy atom. The molecule has 1 amide bonds. The molecule has 0 aromatic heterocycles. The largest absolute Gasteiger partial charge is 0.465 e. The van der Waals surface area contributed by atoms with E-state index in [0.29, 0.717) is 5.56 Å². The Balaban J connectivity index is 3.38. The van der Waals surface area contributed by atoms with Gasteiger partial charge >= 0.3 is 5.97 Å². The maximum Gasteiger partial charge on any atom is 0.338 e. The van der Waals surface area contributed by atoms with E-state index in [-0.39, 0.29) is 15.6 Å². The van der Waals surface area contributed by atoms with Crippen molar-refractivity contribution >= 4 is 40.7 Å². The van der Waals surface area contributed by atoms with Gasteiger partial charge in [0, 0.05) is 11.6 Å². The van der Waals surface area contributed by atoms with Crippen LogP contribution in [0.15, 0.2) is 24.3 Å². The number of esters is 1. The third kappa shape index (κ3) is 3.22. The summed E-state index contributed by atoms with van der Waals surface area (Å²) in [6, 6.07) is 4.70. The molecule has 0 aliphatic rings. The predicted molar refractivity (Wildman–Crippen MR) is 65.6 cm³/mol. The molecule has 0 saturated heterocycles. The van der Waals surface area contributed by atoms with Crippen molar-refractivity contribution in [3.8, 4) is 0 Å². The van der Waals surface area contributed by atoms with Crippen molar-refractivity contribution in [1.29, 1.82) is 0 Å². The molecule has 0 bridgehead atoms. The summed E-state index contributed by atoms with van der Waals surface area (Å²) >= 11 is 11.8. The van der Waals surface area contributed by atoms with Gasteiger partial charge in [-0.3, -0.25) is 4.79 Å². The van der Waals surface area contributed by atoms with Gasteiger partial charge in [0.25, 0.3) is 0 Å². The quantitative estimate of drug-likeness (QED) is 0.677. The maximum absolute atomic E-state index is 11.5. The number of amides is 1. The van der Waals surface area contributed by atoms with Crippen molar-refractivity contribution in [3.05, 3.63) is 39.9 Å². The molecule has 1 aromatic carbocycles. The molecule has 0 spiro atoms. The number of nitrogens with two attached hydrogens (primary N) is 1. The van der Waals surface area contributed by atoms with Crippen molar-refractivity contribution in [1.82, 2.24) is 0 Å². The summed E-state index contributed by atoms with van der Waals surface area (Å²) in [5.41, 5.74) is 5.27. The summed E-state index contributed by atoms with van der Waals surface area (Å²) in [5.74, 6) is -1.49. The zero-order valence-corrected chi connectivity index (χ0v) is 10.4. The Labute approximate surface area is 108 Å². The van der Waals surface area contributed by atoms with Crippen LogP contribution in [0.1, 0.15) is 5.56 Å². The molecule has 4 nitrogen and oxygen atoms in total. The second-order valence-corrected chi connectivity index (χ2v) is 3.84. The summed E-state index contributed by atoms with van der Waals surface area (Å²) in [7, 11) is 1.19. The zero-order chi connectivity index (χ0) is 13.0. The van der Waals surface area contributed by atoms with E-state index in [9.17, 15) is 9.59 Å². The first-order valence-electron chi connectivity index (χ1n) is 4.51. The Kier molecular flexibility index (Phi) is 4.54. The van der Waals surface area contributed by atoms with Crippen LogP contribution in [0.2, 0.25) is 10.0 Å². The number of benzene rings is 1. The van der Waals surface area contributed by atoms with E-state index in [2.05, 4.69) is 4.74 Å². The number of carbonyl (C=O) groups excluding carboxylic acids is 2. The van der Waals surface area contributed by atoms with Gasteiger partial charge in [0.1, 0.15) is 0 Å². The van der Waals surface area contributed by atoms with Crippen LogP contribution in [-0.4, -0.2) is 19.0 Å². The molecule has 0 fully saturated rings. The van der Waals surface area contributed by atoms with Gasteiger partial charge in [0.05, 0.1) is 22.7 Å². The van der Waals surface area contributed by atoms with Crippen molar-refractivity contribution in [2.75, 3.05) is 7.11 Å². The zero-order valence-electron chi connectivity index (χ0n) is 8.87. The number of primary amides is 1. The van der Waals surface area contributed by atoms with E-state index in [1.165, 1.54) is 7.11 Å². The van der Waals surface area contributed by atoms with Crippen LogP contribution in [0.5, 0.6) is 0 Å². The highest BCUT2D eigenvalue weighted by Crippen LogP contribution is 2.30. The molecule has 0 atom stereocenters. The Bertz CT molecular complexity index is 497. The number of rotatable bonds is 3. The number of ether oxygens (including phenoxy) is 1. The van der Waals surface area contributed by atoms with E-state index in [1.54, 1.807) is 18.2 Å². The average Bonchev–Trinajstić information content (AvgIpc) is 2.29. The van der Waals surface area contributed by atoms with Gasteiger partial charge in [-0.2, -0.15) is 0 Å². The lowest BCUT2D eigenvalue weighted by Crippen LogP contribution is -2.12. The molecular formula is C11H9Cl2NO3. The van der Waals surface area contributed by atoms with Gasteiger partial charge in [0.15, 0.2) is 0 Å². The standard InChI is InChI=1S/C11H9Cl2NO3/c1-17-11(16)7(5-9(14)15)6-3-2-4-8(12)10(6)13/h2-5H,1H3,(H2,14,15). The minimum atomic E-state index is -0.776. The van der Waals surface area contributed by atoms with Crippen LogP contribution in [0.25, 0.3) is 5.57 Å². The van der Waals surface area contributed by atoms with Crippen molar-refractivity contribution in [2.45, 2.75) is 0 Å². The van der Waals surface area contributed by atoms with Crippen LogP contribution in [0, 0.1) is 0 Å². The molecule has 6 heteroatoms. The molecule has 0 unspecified atom stereocenters. The highest BCUT2D eigenvalue weighted by atomic mass is 35.5. The number of carbonyl (C=O) groups is 2. The van der Waals surface area contributed by atoms with E-state index in [0.717, 1.165) is 6.08 Å². The van der Waals surface area contributed by atoms with Crippen LogP contribution in [-0.2, 0) is 14.3 Å². The monoisotopic (exact) mass is 273 g/mol. The van der Waals surface area contributed by atoms with E-state index >= 15 is 0 Å². The SMILES string of the molecule is COC(=O)C(=CC(N)=O)c1cccc(Cl)c1Cl. The second kappa shape index (κ2) is 5.70. The Morgan fingerprint density at radius 2 is 2.00 bits per heavy atom. The molecule has 1 aromatic rings. The lowest BCUT2D eigenvalue weighted by atomic mass is 10.1. The van der Waals surface area contributed by atoms with Gasteiger partial charge < -0.3 is 10.5 Å². The van der Waals surface area contributed by atoms with Crippen molar-refractivity contribution in [3.63, 3.8) is 0 Å². The van der Waals surface area contributed by atoms with Crippen molar-refractivity contribution < 1.29 is 14.3 Å². The summed E-state index contributed by atoms with van der Waals surface area (Å²) in [4.78, 5) is 22.4. The Morgan fingerprint density at radius 3 is 2.53 bits per heavy atom. The molecule has 90 valence electrons. The number of hydrogen-bond donors (Lipinski definition) is 1. The fraction of sp³-hybridized carbons (Fsp3) is 0.0909. The van der Waals surface area contributed by atoms with Crippen LogP contribution >= 0.6 is 23.2 Å². The lowest BCUT2D eigenvalue weighted by molar-refractivity contribution is -0.133. The predicted octanol–water partition coefficient (Wildman–Crippen LogP) is 2.04. The first kappa shape index (κ1) is 13.5. The third-order valence-electron chi connectivity index (χ3n) is 1.93. The van der Waals surface area contributed by atoms with Crippen LogP contribution < -0.4 is 5.73 Å². The Hall–Kier alpha value is -1.52. The molecule has 0 radical (unpaired) electrons. The first-order chi connectivity index (χ1) is 7.97. The third-order valence-corrected chi connectivity index (χ3v) is 2.75.